The van der Waals surface area contributed by atoms with Gasteiger partial charge in [0.05, 0.1) is 0 Å². The van der Waals surface area contributed by atoms with Gasteiger partial charge >= 0.3 is 0 Å². The Morgan fingerprint density at radius 2 is 2.29 bits per heavy atom. The van der Waals surface area contributed by atoms with Crippen LogP contribution in [0.5, 0.6) is 0 Å². The lowest BCUT2D eigenvalue weighted by molar-refractivity contribution is 0.212. The lowest BCUT2D eigenvalue weighted by Gasteiger charge is -2.04. The molecule has 0 aromatic carbocycles. The van der Waals surface area contributed by atoms with Crippen LogP contribution < -0.4 is 5.73 Å². The highest BCUT2D eigenvalue weighted by Gasteiger charge is 1.90. The molecule has 0 rings (SSSR count). The Morgan fingerprint density at radius 3 is 2.29 bits per heavy atom. The lowest BCUT2D eigenvalue weighted by atomic mass is 10.7. The van der Waals surface area contributed by atoms with Crippen molar-refractivity contribution in [3.63, 3.8) is 0 Å². The molecule has 0 radical (unpaired) electrons. The van der Waals surface area contributed by atoms with Crippen LogP contribution in [0, 0.1) is 5.41 Å². The van der Waals surface area contributed by atoms with Gasteiger partial charge in [0.1, 0.15) is 6.23 Å². The fourth-order valence-corrected chi connectivity index (χ4v) is 0.279. The molecule has 0 aliphatic carbocycles. The molecule has 0 fully saturated rings. The summed E-state index contributed by atoms with van der Waals surface area (Å²) in [5, 5.41) is 6.72. The zero-order chi connectivity index (χ0) is 5.86. The molecule has 0 aromatic rings. The largest absolute Gasteiger partial charge is 0.464 e. The monoisotopic (exact) mass is 102 g/mol. The summed E-state index contributed by atoms with van der Waals surface area (Å²) < 4.78 is 4.61. The quantitative estimate of drug-likeness (QED) is 0.284. The van der Waals surface area contributed by atoms with E-state index in [0.29, 0.717) is 0 Å². The van der Waals surface area contributed by atoms with Crippen molar-refractivity contribution in [3.8, 4) is 0 Å². The van der Waals surface area contributed by atoms with Crippen LogP contribution in [0.2, 0.25) is 0 Å². The summed E-state index contributed by atoms with van der Waals surface area (Å²) in [7, 11) is 0. The second-order valence-electron chi connectivity index (χ2n) is 1.38. The van der Waals surface area contributed by atoms with Gasteiger partial charge in [0.25, 0.3) is 0 Å². The van der Waals surface area contributed by atoms with E-state index in [1.165, 1.54) is 0 Å². The Hall–Kier alpha value is -0.570. The van der Waals surface area contributed by atoms with Crippen LogP contribution in [0.3, 0.4) is 0 Å². The number of hydrogen-bond donors (Lipinski definition) is 2. The van der Waals surface area contributed by atoms with Crippen LogP contribution in [0.4, 0.5) is 0 Å². The van der Waals surface area contributed by atoms with Crippen LogP contribution in [0.25, 0.3) is 0 Å². The van der Waals surface area contributed by atoms with E-state index in [-0.39, 0.29) is 12.1 Å². The van der Waals surface area contributed by atoms with Gasteiger partial charge in [-0.05, 0) is 6.92 Å². The maximum Gasteiger partial charge on any atom is 0.179 e. The van der Waals surface area contributed by atoms with Gasteiger partial charge < -0.3 is 4.74 Å². The van der Waals surface area contributed by atoms with Crippen molar-refractivity contribution >= 4 is 5.90 Å². The predicted octanol–water partition coefficient (Wildman–Crippen LogP) is 0.305. The first-order valence-corrected chi connectivity index (χ1v) is 2.10. The Kier molecular flexibility index (Phi) is 2.37. The Bertz CT molecular complexity index is 70.1. The molecule has 0 bridgehead atoms. The fraction of sp³-hybridized carbons (Fsp3) is 0.750. The highest BCUT2D eigenvalue weighted by atomic mass is 16.5. The molecular weight excluding hydrogens is 92.1 g/mol. The third-order valence-corrected chi connectivity index (χ3v) is 0.363. The molecule has 3 nitrogen and oxygen atoms in total. The molecular formula is C4H10N2O. The molecule has 1 atom stereocenters. The molecule has 0 heterocycles. The highest BCUT2D eigenvalue weighted by Crippen LogP contribution is 1.78. The standard InChI is InChI=1S/C4H10N2O/c1-3(5)7-4(2)6/h3,6H,5H2,1-2H3. The topological polar surface area (TPSA) is 59.1 Å². The van der Waals surface area contributed by atoms with Gasteiger partial charge in [-0.1, -0.05) is 0 Å². The summed E-state index contributed by atoms with van der Waals surface area (Å²) >= 11 is 0. The van der Waals surface area contributed by atoms with Crippen molar-refractivity contribution in [2.45, 2.75) is 20.1 Å². The van der Waals surface area contributed by atoms with Crippen molar-refractivity contribution in [1.29, 1.82) is 5.41 Å². The third kappa shape index (κ3) is 5.43. The van der Waals surface area contributed by atoms with Crippen LogP contribution in [0.1, 0.15) is 13.8 Å². The predicted molar refractivity (Wildman–Crippen MR) is 28.1 cm³/mol. The maximum atomic E-state index is 6.72. The van der Waals surface area contributed by atoms with E-state index in [4.69, 9.17) is 11.1 Å². The van der Waals surface area contributed by atoms with Crippen molar-refractivity contribution in [1.82, 2.24) is 0 Å². The van der Waals surface area contributed by atoms with Gasteiger partial charge in [0, 0.05) is 6.92 Å². The molecule has 3 N–H and O–H groups in total. The van der Waals surface area contributed by atoms with E-state index >= 15 is 0 Å². The van der Waals surface area contributed by atoms with Crippen molar-refractivity contribution in [3.05, 3.63) is 0 Å². The molecule has 3 heteroatoms. The molecule has 7 heavy (non-hydrogen) atoms. The molecule has 0 spiro atoms. The highest BCUT2D eigenvalue weighted by molar-refractivity contribution is 5.69. The summed E-state index contributed by atoms with van der Waals surface area (Å²) in [6, 6.07) is 0. The summed E-state index contributed by atoms with van der Waals surface area (Å²) in [5.74, 6) is 0.162. The number of nitrogens with one attached hydrogen (secondary N) is 1. The Morgan fingerprint density at radius 1 is 1.86 bits per heavy atom. The molecule has 42 valence electrons. The first kappa shape index (κ1) is 6.43. The first-order valence-electron chi connectivity index (χ1n) is 2.10. The molecule has 0 saturated carbocycles. The van der Waals surface area contributed by atoms with Gasteiger partial charge in [-0.2, -0.15) is 0 Å². The second-order valence-corrected chi connectivity index (χ2v) is 1.38. The minimum Gasteiger partial charge on any atom is -0.464 e. The zero-order valence-electron chi connectivity index (χ0n) is 4.56. The van der Waals surface area contributed by atoms with E-state index in [0.717, 1.165) is 0 Å². The summed E-state index contributed by atoms with van der Waals surface area (Å²) in [4.78, 5) is 0. The molecule has 0 aromatic heterocycles. The van der Waals surface area contributed by atoms with Crippen molar-refractivity contribution < 1.29 is 4.74 Å². The average molecular weight is 102 g/mol. The third-order valence-electron chi connectivity index (χ3n) is 0.363. The van der Waals surface area contributed by atoms with Crippen LogP contribution >= 0.6 is 0 Å². The van der Waals surface area contributed by atoms with E-state index in [1.807, 2.05) is 0 Å². The number of nitrogens with two attached hydrogens (primary N) is 1. The van der Waals surface area contributed by atoms with E-state index in [2.05, 4.69) is 4.74 Å². The fourth-order valence-electron chi connectivity index (χ4n) is 0.279. The number of rotatable bonds is 1. The van der Waals surface area contributed by atoms with E-state index < -0.39 is 0 Å². The molecule has 0 aliphatic rings. The normalized spacial score (nSPS) is 13.0. The van der Waals surface area contributed by atoms with E-state index in [1.54, 1.807) is 13.8 Å². The average Bonchev–Trinajstić information content (AvgIpc) is 1.27. The van der Waals surface area contributed by atoms with Crippen molar-refractivity contribution in [2.75, 3.05) is 0 Å². The van der Waals surface area contributed by atoms with Gasteiger partial charge in [-0.25, -0.2) is 0 Å². The maximum absolute atomic E-state index is 6.72. The molecule has 0 aliphatic heterocycles. The second kappa shape index (κ2) is 2.58. The van der Waals surface area contributed by atoms with Crippen molar-refractivity contribution in [2.24, 2.45) is 5.73 Å². The molecule has 1 unspecified atom stereocenters. The van der Waals surface area contributed by atoms with Gasteiger partial charge in [0.2, 0.25) is 0 Å². The van der Waals surface area contributed by atoms with Gasteiger partial charge in [-0.3, -0.25) is 11.1 Å². The van der Waals surface area contributed by atoms with Gasteiger partial charge in [0.15, 0.2) is 5.90 Å². The summed E-state index contributed by atoms with van der Waals surface area (Å²) in [6.45, 7) is 3.22. The molecule has 0 amide bonds. The molecule has 0 saturated heterocycles. The van der Waals surface area contributed by atoms with Crippen LogP contribution in [-0.2, 0) is 4.74 Å². The number of hydrogen-bond acceptors (Lipinski definition) is 3. The first-order chi connectivity index (χ1) is 3.13. The number of ether oxygens (including phenoxy) is 1. The smallest absolute Gasteiger partial charge is 0.179 e. The summed E-state index contributed by atoms with van der Waals surface area (Å²) in [6.07, 6.45) is -0.350. The SMILES string of the molecule is CC(=N)OC(C)N. The van der Waals surface area contributed by atoms with Gasteiger partial charge in [-0.15, -0.1) is 0 Å². The van der Waals surface area contributed by atoms with Crippen LogP contribution in [-0.4, -0.2) is 12.1 Å². The zero-order valence-corrected chi connectivity index (χ0v) is 4.56. The Labute approximate surface area is 43.0 Å². The minimum absolute atomic E-state index is 0.162. The minimum atomic E-state index is -0.350. The Balaban J connectivity index is 3.13. The van der Waals surface area contributed by atoms with E-state index in [9.17, 15) is 0 Å². The van der Waals surface area contributed by atoms with Crippen LogP contribution in [0.15, 0.2) is 0 Å². The lowest BCUT2D eigenvalue weighted by Crippen LogP contribution is -2.21. The summed E-state index contributed by atoms with van der Waals surface area (Å²) in [5.41, 5.74) is 5.13.